The van der Waals surface area contributed by atoms with Gasteiger partial charge in [0.05, 0.1) is 23.1 Å². The molecule has 1 aromatic rings. The molecule has 1 saturated heterocycles. The second-order valence-corrected chi connectivity index (χ2v) is 5.15. The number of nitro groups is 1. The van der Waals surface area contributed by atoms with Gasteiger partial charge in [-0.05, 0) is 13.3 Å². The van der Waals surface area contributed by atoms with Crippen molar-refractivity contribution in [2.24, 2.45) is 11.7 Å². The first-order valence-corrected chi connectivity index (χ1v) is 6.32. The third kappa shape index (κ3) is 1.95. The molecule has 3 rings (SSSR count). The minimum absolute atomic E-state index is 0.0117. The van der Waals surface area contributed by atoms with Crippen LogP contribution in [0, 0.1) is 23.0 Å². The highest BCUT2D eigenvalue weighted by atomic mass is 16.6. The molecule has 3 N–H and O–H groups in total. The highest BCUT2D eigenvalue weighted by Crippen LogP contribution is 2.39. The molecule has 2 aliphatic rings. The molecule has 0 aromatic carbocycles. The van der Waals surface area contributed by atoms with E-state index in [4.69, 9.17) is 10.5 Å². The molecule has 19 heavy (non-hydrogen) atoms. The third-order valence-corrected chi connectivity index (χ3v) is 4.03. The van der Waals surface area contributed by atoms with Gasteiger partial charge in [0.15, 0.2) is 0 Å². The summed E-state index contributed by atoms with van der Waals surface area (Å²) < 4.78 is 5.60. The van der Waals surface area contributed by atoms with Gasteiger partial charge in [-0.25, -0.2) is 4.98 Å². The zero-order valence-corrected chi connectivity index (χ0v) is 10.6. The van der Waals surface area contributed by atoms with Crippen molar-refractivity contribution in [3.63, 3.8) is 0 Å². The second-order valence-electron chi connectivity index (χ2n) is 5.15. The van der Waals surface area contributed by atoms with Crippen LogP contribution in [0.15, 0.2) is 12.3 Å². The van der Waals surface area contributed by atoms with E-state index in [9.17, 15) is 10.1 Å². The average molecular weight is 264 g/mol. The van der Waals surface area contributed by atoms with Crippen LogP contribution in [-0.4, -0.2) is 34.7 Å². The van der Waals surface area contributed by atoms with Crippen molar-refractivity contribution in [1.29, 1.82) is 0 Å². The van der Waals surface area contributed by atoms with Crippen molar-refractivity contribution in [3.05, 3.63) is 27.9 Å². The van der Waals surface area contributed by atoms with Gasteiger partial charge in [-0.3, -0.25) is 10.1 Å². The Kier molecular flexibility index (Phi) is 2.87. The molecule has 1 aliphatic heterocycles. The molecule has 0 spiro atoms. The maximum absolute atomic E-state index is 10.9. The number of rotatable bonds is 3. The number of aryl methyl sites for hydroxylation is 1. The Bertz CT molecular complexity index is 522. The summed E-state index contributed by atoms with van der Waals surface area (Å²) in [5.41, 5.74) is 6.69. The lowest BCUT2D eigenvalue weighted by Gasteiger charge is -2.45. The molecule has 2 heterocycles. The molecular formula is C12H16N4O3. The lowest BCUT2D eigenvalue weighted by Crippen LogP contribution is -2.65. The molecule has 7 nitrogen and oxygen atoms in total. The van der Waals surface area contributed by atoms with E-state index in [-0.39, 0.29) is 23.9 Å². The summed E-state index contributed by atoms with van der Waals surface area (Å²) in [5.74, 6) is 0.879. The number of pyridine rings is 1. The average Bonchev–Trinajstić information content (AvgIpc) is 2.82. The van der Waals surface area contributed by atoms with Gasteiger partial charge >= 0.3 is 0 Å². The van der Waals surface area contributed by atoms with Crippen molar-refractivity contribution >= 4 is 11.5 Å². The van der Waals surface area contributed by atoms with E-state index >= 15 is 0 Å². The topological polar surface area (TPSA) is 103 Å². The normalized spacial score (nSPS) is 32.5. The Morgan fingerprint density at radius 2 is 2.42 bits per heavy atom. The van der Waals surface area contributed by atoms with E-state index in [2.05, 4.69) is 10.3 Å². The number of nitrogens with zero attached hydrogens (tertiary/aromatic N) is 2. The largest absolute Gasteiger partial charge is 0.376 e. The van der Waals surface area contributed by atoms with Crippen molar-refractivity contribution in [2.75, 3.05) is 11.9 Å². The van der Waals surface area contributed by atoms with Gasteiger partial charge in [-0.2, -0.15) is 0 Å². The molecular weight excluding hydrogens is 248 g/mol. The van der Waals surface area contributed by atoms with Crippen LogP contribution >= 0.6 is 0 Å². The van der Waals surface area contributed by atoms with Crippen molar-refractivity contribution in [3.8, 4) is 0 Å². The highest BCUT2D eigenvalue weighted by molar-refractivity contribution is 5.50. The molecule has 0 radical (unpaired) electrons. The minimum Gasteiger partial charge on any atom is -0.376 e. The number of hydrogen-bond acceptors (Lipinski definition) is 6. The lowest BCUT2D eigenvalue weighted by atomic mass is 9.72. The molecule has 102 valence electrons. The van der Waals surface area contributed by atoms with Gasteiger partial charge in [0.1, 0.15) is 5.82 Å². The first-order chi connectivity index (χ1) is 9.08. The first kappa shape index (κ1) is 12.3. The maximum Gasteiger partial charge on any atom is 0.277 e. The molecule has 7 heteroatoms. The summed E-state index contributed by atoms with van der Waals surface area (Å²) in [7, 11) is 0. The monoisotopic (exact) mass is 264 g/mol. The molecule has 4 unspecified atom stereocenters. The summed E-state index contributed by atoms with van der Waals surface area (Å²) in [6.07, 6.45) is 2.60. The van der Waals surface area contributed by atoms with E-state index in [1.807, 2.05) is 0 Å². The SMILES string of the molecule is Cc1cnc(NC2C(N)C3CCOC32)cc1[N+](=O)[O-]. The third-order valence-electron chi connectivity index (χ3n) is 4.03. The summed E-state index contributed by atoms with van der Waals surface area (Å²) in [6, 6.07) is 1.46. The van der Waals surface area contributed by atoms with E-state index in [0.717, 1.165) is 13.0 Å². The lowest BCUT2D eigenvalue weighted by molar-refractivity contribution is -0.385. The molecule has 0 amide bonds. The Labute approximate surface area is 110 Å². The number of nitrogens with one attached hydrogen (secondary N) is 1. The van der Waals surface area contributed by atoms with Crippen LogP contribution in [0.3, 0.4) is 0 Å². The highest BCUT2D eigenvalue weighted by Gasteiger charge is 2.52. The number of fused-ring (bicyclic) bond motifs is 1. The summed E-state index contributed by atoms with van der Waals surface area (Å²) in [4.78, 5) is 14.7. The zero-order chi connectivity index (χ0) is 13.6. The predicted molar refractivity (Wildman–Crippen MR) is 68.9 cm³/mol. The smallest absolute Gasteiger partial charge is 0.277 e. The predicted octanol–water partition coefficient (Wildman–Crippen LogP) is 0.825. The van der Waals surface area contributed by atoms with Crippen LogP contribution in [0.25, 0.3) is 0 Å². The van der Waals surface area contributed by atoms with Crippen LogP contribution in [0.1, 0.15) is 12.0 Å². The van der Waals surface area contributed by atoms with Crippen LogP contribution < -0.4 is 11.1 Å². The fourth-order valence-corrected chi connectivity index (χ4v) is 2.89. The molecule has 1 aliphatic carbocycles. The Morgan fingerprint density at radius 1 is 1.63 bits per heavy atom. The van der Waals surface area contributed by atoms with Crippen molar-refractivity contribution in [1.82, 2.24) is 4.98 Å². The van der Waals surface area contributed by atoms with Crippen LogP contribution in [0.2, 0.25) is 0 Å². The fourth-order valence-electron chi connectivity index (χ4n) is 2.89. The molecule has 0 bridgehead atoms. The molecule has 1 saturated carbocycles. The first-order valence-electron chi connectivity index (χ1n) is 6.32. The van der Waals surface area contributed by atoms with Gasteiger partial charge in [0.2, 0.25) is 0 Å². The Morgan fingerprint density at radius 3 is 3.16 bits per heavy atom. The number of ether oxygens (including phenoxy) is 1. The van der Waals surface area contributed by atoms with Crippen LogP contribution in [0.5, 0.6) is 0 Å². The zero-order valence-electron chi connectivity index (χ0n) is 10.6. The number of anilines is 1. The fraction of sp³-hybridized carbons (Fsp3) is 0.583. The summed E-state index contributed by atoms with van der Waals surface area (Å²) in [5, 5.41) is 14.0. The van der Waals surface area contributed by atoms with Gasteiger partial charge in [0, 0.05) is 30.3 Å². The second kappa shape index (κ2) is 4.43. The van der Waals surface area contributed by atoms with Crippen LogP contribution in [-0.2, 0) is 4.74 Å². The van der Waals surface area contributed by atoms with E-state index in [0.29, 0.717) is 17.3 Å². The standard InChI is InChI=1S/C12H16N4O3/c1-6-5-14-9(4-8(6)16(17)18)15-11-10(13)7-2-3-19-12(7)11/h4-5,7,10-12H,2-3,13H2,1H3,(H,14,15). The number of aromatic nitrogens is 1. The molecule has 2 fully saturated rings. The van der Waals surface area contributed by atoms with Crippen molar-refractivity contribution < 1.29 is 9.66 Å². The number of nitrogens with two attached hydrogens (primary N) is 1. The minimum atomic E-state index is -0.405. The van der Waals surface area contributed by atoms with E-state index < -0.39 is 4.92 Å². The van der Waals surface area contributed by atoms with Crippen LogP contribution in [0.4, 0.5) is 11.5 Å². The van der Waals surface area contributed by atoms with E-state index in [1.54, 1.807) is 6.92 Å². The molecule has 4 atom stereocenters. The number of hydrogen-bond donors (Lipinski definition) is 2. The maximum atomic E-state index is 10.9. The van der Waals surface area contributed by atoms with Crippen molar-refractivity contribution in [2.45, 2.75) is 31.5 Å². The Balaban J connectivity index is 1.77. The summed E-state index contributed by atoms with van der Waals surface area (Å²) >= 11 is 0. The van der Waals surface area contributed by atoms with Gasteiger partial charge < -0.3 is 15.8 Å². The summed E-state index contributed by atoms with van der Waals surface area (Å²) in [6.45, 7) is 2.41. The van der Waals surface area contributed by atoms with Gasteiger partial charge in [-0.15, -0.1) is 0 Å². The Hall–Kier alpha value is -1.73. The quantitative estimate of drug-likeness (QED) is 0.619. The van der Waals surface area contributed by atoms with E-state index in [1.165, 1.54) is 12.3 Å². The van der Waals surface area contributed by atoms with Gasteiger partial charge in [0.25, 0.3) is 5.69 Å². The van der Waals surface area contributed by atoms with Gasteiger partial charge in [-0.1, -0.05) is 0 Å². The molecule has 1 aromatic heterocycles.